The van der Waals surface area contributed by atoms with Gasteiger partial charge in [-0.3, -0.25) is 10.2 Å². The van der Waals surface area contributed by atoms with Crippen molar-refractivity contribution < 1.29 is 9.53 Å². The molecule has 1 N–H and O–H groups in total. The lowest BCUT2D eigenvalue weighted by Gasteiger charge is -2.31. The SMILES string of the molecule is CCN1CCC[C@H](OC(=O)Nc2ccc(C)cc2)C1. The number of nitrogens with one attached hydrogen (secondary N) is 1. The molecule has 1 heterocycles. The summed E-state index contributed by atoms with van der Waals surface area (Å²) in [5.41, 5.74) is 1.95. The van der Waals surface area contributed by atoms with Crippen LogP contribution in [-0.4, -0.2) is 36.7 Å². The molecule has 4 nitrogen and oxygen atoms in total. The summed E-state index contributed by atoms with van der Waals surface area (Å²) < 4.78 is 5.47. The van der Waals surface area contributed by atoms with Gasteiger partial charge in [0.1, 0.15) is 6.10 Å². The number of carbonyl (C=O) groups excluding carboxylic acids is 1. The Morgan fingerprint density at radius 3 is 2.84 bits per heavy atom. The molecule has 104 valence electrons. The van der Waals surface area contributed by atoms with E-state index >= 15 is 0 Å². The molecule has 1 aliphatic rings. The molecule has 1 amide bonds. The van der Waals surface area contributed by atoms with Gasteiger partial charge in [-0.05, 0) is 45.0 Å². The van der Waals surface area contributed by atoms with Crippen molar-refractivity contribution in [2.75, 3.05) is 25.0 Å². The Balaban J connectivity index is 1.82. The van der Waals surface area contributed by atoms with Gasteiger partial charge in [-0.15, -0.1) is 0 Å². The quantitative estimate of drug-likeness (QED) is 0.910. The molecule has 0 bridgehead atoms. The molecule has 0 aliphatic carbocycles. The van der Waals surface area contributed by atoms with Crippen molar-refractivity contribution in [1.29, 1.82) is 0 Å². The van der Waals surface area contributed by atoms with Crippen LogP contribution in [0.1, 0.15) is 25.3 Å². The maximum atomic E-state index is 11.8. The van der Waals surface area contributed by atoms with E-state index in [1.807, 2.05) is 31.2 Å². The first-order valence-corrected chi connectivity index (χ1v) is 6.94. The zero-order chi connectivity index (χ0) is 13.7. The molecular formula is C15H22N2O2. The van der Waals surface area contributed by atoms with Crippen molar-refractivity contribution in [1.82, 2.24) is 4.90 Å². The minimum atomic E-state index is -0.355. The predicted octanol–water partition coefficient (Wildman–Crippen LogP) is 3.03. The van der Waals surface area contributed by atoms with Crippen molar-refractivity contribution in [2.45, 2.75) is 32.8 Å². The first kappa shape index (κ1) is 13.9. The Hall–Kier alpha value is -1.55. The zero-order valence-corrected chi connectivity index (χ0v) is 11.7. The van der Waals surface area contributed by atoms with Crippen molar-refractivity contribution in [3.05, 3.63) is 29.8 Å². The van der Waals surface area contributed by atoms with E-state index in [0.29, 0.717) is 0 Å². The summed E-state index contributed by atoms with van der Waals surface area (Å²) in [4.78, 5) is 14.1. The molecule has 0 unspecified atom stereocenters. The number of benzene rings is 1. The molecule has 1 aromatic rings. The van der Waals surface area contributed by atoms with Crippen LogP contribution in [0.5, 0.6) is 0 Å². The van der Waals surface area contributed by atoms with E-state index < -0.39 is 0 Å². The lowest BCUT2D eigenvalue weighted by molar-refractivity contribution is 0.0520. The van der Waals surface area contributed by atoms with E-state index in [2.05, 4.69) is 17.1 Å². The molecule has 1 aliphatic heterocycles. The number of piperidine rings is 1. The molecule has 1 saturated heterocycles. The van der Waals surface area contributed by atoms with Gasteiger partial charge in [-0.2, -0.15) is 0 Å². The van der Waals surface area contributed by atoms with E-state index in [0.717, 1.165) is 38.2 Å². The van der Waals surface area contributed by atoms with Crippen LogP contribution >= 0.6 is 0 Å². The number of likely N-dealkylation sites (tertiary alicyclic amines) is 1. The minimum Gasteiger partial charge on any atom is -0.445 e. The van der Waals surface area contributed by atoms with Gasteiger partial charge in [-0.25, -0.2) is 4.79 Å². The summed E-state index contributed by atoms with van der Waals surface area (Å²) in [5.74, 6) is 0. The van der Waals surface area contributed by atoms with Crippen molar-refractivity contribution in [2.24, 2.45) is 0 Å². The fourth-order valence-corrected chi connectivity index (χ4v) is 2.33. The van der Waals surface area contributed by atoms with Gasteiger partial charge < -0.3 is 4.74 Å². The third-order valence-corrected chi connectivity index (χ3v) is 3.48. The van der Waals surface area contributed by atoms with Crippen molar-refractivity contribution >= 4 is 11.8 Å². The maximum absolute atomic E-state index is 11.8. The minimum absolute atomic E-state index is 0.0131. The van der Waals surface area contributed by atoms with Crippen molar-refractivity contribution in [3.63, 3.8) is 0 Å². The largest absolute Gasteiger partial charge is 0.445 e. The molecule has 4 heteroatoms. The summed E-state index contributed by atoms with van der Waals surface area (Å²) in [5, 5.41) is 2.77. The van der Waals surface area contributed by atoms with Gasteiger partial charge in [0.15, 0.2) is 0 Å². The van der Waals surface area contributed by atoms with Crippen LogP contribution in [0, 0.1) is 6.92 Å². The van der Waals surface area contributed by atoms with Crippen LogP contribution in [0.2, 0.25) is 0 Å². The number of amides is 1. The number of ether oxygens (including phenoxy) is 1. The summed E-state index contributed by atoms with van der Waals surface area (Å²) in [6.45, 7) is 7.12. The van der Waals surface area contributed by atoms with Crippen LogP contribution in [-0.2, 0) is 4.74 Å². The Morgan fingerprint density at radius 1 is 1.42 bits per heavy atom. The topological polar surface area (TPSA) is 41.6 Å². The van der Waals surface area contributed by atoms with Gasteiger partial charge in [0.25, 0.3) is 0 Å². The molecule has 2 rings (SSSR count). The Kier molecular flexibility index (Phi) is 4.80. The molecule has 0 spiro atoms. The lowest BCUT2D eigenvalue weighted by Crippen LogP contribution is -2.40. The summed E-state index contributed by atoms with van der Waals surface area (Å²) in [7, 11) is 0. The highest BCUT2D eigenvalue weighted by atomic mass is 16.6. The summed E-state index contributed by atoms with van der Waals surface area (Å²) in [6, 6.07) is 7.70. The molecule has 0 saturated carbocycles. The van der Waals surface area contributed by atoms with Crippen LogP contribution in [0.4, 0.5) is 10.5 Å². The highest BCUT2D eigenvalue weighted by molar-refractivity contribution is 5.84. The summed E-state index contributed by atoms with van der Waals surface area (Å²) in [6.07, 6.45) is 1.71. The molecule has 1 fully saturated rings. The van der Waals surface area contributed by atoms with Crippen LogP contribution < -0.4 is 5.32 Å². The normalized spacial score (nSPS) is 20.0. The van der Waals surface area contributed by atoms with Gasteiger partial charge in [-0.1, -0.05) is 24.6 Å². The molecule has 1 aromatic carbocycles. The van der Waals surface area contributed by atoms with Crippen molar-refractivity contribution in [3.8, 4) is 0 Å². The number of likely N-dealkylation sites (N-methyl/N-ethyl adjacent to an activating group) is 1. The van der Waals surface area contributed by atoms with Gasteiger partial charge in [0.05, 0.1) is 0 Å². The second kappa shape index (κ2) is 6.57. The second-order valence-electron chi connectivity index (χ2n) is 5.05. The predicted molar refractivity (Wildman–Crippen MR) is 76.4 cm³/mol. The van der Waals surface area contributed by atoms with Crippen LogP contribution in [0.15, 0.2) is 24.3 Å². The van der Waals surface area contributed by atoms with E-state index in [9.17, 15) is 4.79 Å². The number of aryl methyl sites for hydroxylation is 1. The summed E-state index contributed by atoms with van der Waals surface area (Å²) >= 11 is 0. The number of anilines is 1. The van der Waals surface area contributed by atoms with Gasteiger partial charge >= 0.3 is 6.09 Å². The Morgan fingerprint density at radius 2 is 2.16 bits per heavy atom. The third-order valence-electron chi connectivity index (χ3n) is 3.48. The fourth-order valence-electron chi connectivity index (χ4n) is 2.33. The lowest BCUT2D eigenvalue weighted by atomic mass is 10.1. The maximum Gasteiger partial charge on any atom is 0.411 e. The van der Waals surface area contributed by atoms with Crippen LogP contribution in [0.25, 0.3) is 0 Å². The smallest absolute Gasteiger partial charge is 0.411 e. The Bertz CT molecular complexity index is 417. The number of hydrogen-bond acceptors (Lipinski definition) is 3. The van der Waals surface area contributed by atoms with Crippen LogP contribution in [0.3, 0.4) is 0 Å². The number of hydrogen-bond donors (Lipinski definition) is 1. The van der Waals surface area contributed by atoms with E-state index in [4.69, 9.17) is 4.74 Å². The number of carbonyl (C=O) groups is 1. The highest BCUT2D eigenvalue weighted by Crippen LogP contribution is 2.14. The first-order valence-electron chi connectivity index (χ1n) is 6.94. The monoisotopic (exact) mass is 262 g/mol. The van der Waals surface area contributed by atoms with E-state index in [1.54, 1.807) is 0 Å². The van der Waals surface area contributed by atoms with Gasteiger partial charge in [0.2, 0.25) is 0 Å². The van der Waals surface area contributed by atoms with Gasteiger partial charge in [0, 0.05) is 12.2 Å². The standard InChI is InChI=1S/C15H22N2O2/c1-3-17-10-4-5-14(11-17)19-15(18)16-13-8-6-12(2)7-9-13/h6-9,14H,3-5,10-11H2,1-2H3,(H,16,18)/t14-/m0/s1. The first-order chi connectivity index (χ1) is 9.17. The molecule has 1 atom stereocenters. The fraction of sp³-hybridized carbons (Fsp3) is 0.533. The average Bonchev–Trinajstić information content (AvgIpc) is 2.41. The third kappa shape index (κ3) is 4.24. The van der Waals surface area contributed by atoms with E-state index in [-0.39, 0.29) is 12.2 Å². The molecule has 0 radical (unpaired) electrons. The molecule has 0 aromatic heterocycles. The second-order valence-corrected chi connectivity index (χ2v) is 5.05. The number of rotatable bonds is 3. The highest BCUT2D eigenvalue weighted by Gasteiger charge is 2.21. The number of nitrogens with zero attached hydrogens (tertiary/aromatic N) is 1. The van der Waals surface area contributed by atoms with E-state index in [1.165, 1.54) is 5.56 Å². The molecule has 19 heavy (non-hydrogen) atoms. The zero-order valence-electron chi connectivity index (χ0n) is 11.7. The Labute approximate surface area is 114 Å². The average molecular weight is 262 g/mol. The molecular weight excluding hydrogens is 240 g/mol.